The number of para-hydroxylation sites is 1. The number of likely N-dealkylation sites (N-methyl/N-ethyl adjacent to an activating group) is 1. The van der Waals surface area contributed by atoms with Gasteiger partial charge in [-0.05, 0) is 37.7 Å². The van der Waals surface area contributed by atoms with Crippen LogP contribution in [0.5, 0.6) is 5.75 Å². The molecule has 10 nitrogen and oxygen atoms in total. The van der Waals surface area contributed by atoms with Gasteiger partial charge in [-0.15, -0.1) is 0 Å². The van der Waals surface area contributed by atoms with Crippen molar-refractivity contribution in [2.75, 3.05) is 63.7 Å². The molecule has 1 aromatic heterocycles. The predicted octanol–water partition coefficient (Wildman–Crippen LogP) is 4.21. The van der Waals surface area contributed by atoms with E-state index in [1.54, 1.807) is 42.5 Å². The van der Waals surface area contributed by atoms with Crippen LogP contribution in [0.2, 0.25) is 0 Å². The number of ether oxygens (including phenoxy) is 1. The summed E-state index contributed by atoms with van der Waals surface area (Å²) in [6.07, 6.45) is 1.53. The summed E-state index contributed by atoms with van der Waals surface area (Å²) in [5, 5.41) is 2.97. The van der Waals surface area contributed by atoms with Gasteiger partial charge < -0.3 is 19.9 Å². The van der Waals surface area contributed by atoms with Crippen LogP contribution in [0.1, 0.15) is 6.42 Å². The van der Waals surface area contributed by atoms with E-state index in [1.165, 1.54) is 24.3 Å². The third-order valence-corrected chi connectivity index (χ3v) is 5.88. The zero-order chi connectivity index (χ0) is 26.0. The fraction of sp³-hybridized carbons (Fsp3) is 0.346. The average molecular weight is 511 g/mol. The molecule has 11 heteroatoms. The highest BCUT2D eigenvalue weighted by atomic mass is 19.1. The quantitative estimate of drug-likeness (QED) is 0.245. The first-order valence-corrected chi connectivity index (χ1v) is 12.1. The Morgan fingerprint density at radius 1 is 1.11 bits per heavy atom. The largest absolute Gasteiger partial charge is 0.490 e. The minimum absolute atomic E-state index is 0.170. The molecule has 2 heterocycles. The molecule has 3 aromatic rings. The van der Waals surface area contributed by atoms with Crippen molar-refractivity contribution < 1.29 is 23.7 Å². The van der Waals surface area contributed by atoms with Gasteiger partial charge >= 0.3 is 6.09 Å². The molecular formula is C26H31FN6O4. The van der Waals surface area contributed by atoms with Crippen molar-refractivity contribution in [1.29, 1.82) is 0 Å². The van der Waals surface area contributed by atoms with E-state index >= 15 is 0 Å². The molecule has 0 saturated carbocycles. The smallest absolute Gasteiger partial charge is 0.451 e. The molecule has 0 atom stereocenters. The Morgan fingerprint density at radius 3 is 2.62 bits per heavy atom. The highest BCUT2D eigenvalue weighted by Gasteiger charge is 2.22. The number of carbonyl (C=O) groups is 1. The van der Waals surface area contributed by atoms with Gasteiger partial charge in [-0.25, -0.2) is 19.1 Å². The van der Waals surface area contributed by atoms with Crippen molar-refractivity contribution in [3.05, 3.63) is 66.6 Å². The first-order chi connectivity index (χ1) is 18.0. The van der Waals surface area contributed by atoms with Crippen LogP contribution in [0, 0.1) is 5.82 Å². The summed E-state index contributed by atoms with van der Waals surface area (Å²) in [6.45, 7) is 5.60. The molecule has 0 bridgehead atoms. The lowest BCUT2D eigenvalue weighted by Crippen LogP contribution is -2.44. The summed E-state index contributed by atoms with van der Waals surface area (Å²) in [7, 11) is 3.37. The number of hydrogen-bond donors (Lipinski definition) is 1. The number of carbonyl (C=O) groups excluding carboxylic acids is 1. The molecule has 0 aliphatic carbocycles. The number of benzene rings is 2. The van der Waals surface area contributed by atoms with Crippen LogP contribution in [-0.2, 0) is 9.78 Å². The highest BCUT2D eigenvalue weighted by molar-refractivity contribution is 5.94. The van der Waals surface area contributed by atoms with E-state index < -0.39 is 11.9 Å². The van der Waals surface area contributed by atoms with Gasteiger partial charge in [0, 0.05) is 56.7 Å². The topological polar surface area (TPSA) is 92.3 Å². The minimum Gasteiger partial charge on any atom is -0.490 e. The Labute approximate surface area is 215 Å². The van der Waals surface area contributed by atoms with Gasteiger partial charge in [0.2, 0.25) is 5.95 Å². The van der Waals surface area contributed by atoms with Crippen molar-refractivity contribution in [3.8, 4) is 5.75 Å². The van der Waals surface area contributed by atoms with Crippen molar-refractivity contribution in [3.63, 3.8) is 0 Å². The fourth-order valence-electron chi connectivity index (χ4n) is 3.92. The number of halogens is 1. The number of amides is 1. The molecular weight excluding hydrogens is 479 g/mol. The summed E-state index contributed by atoms with van der Waals surface area (Å²) in [4.78, 5) is 36.3. The number of aromatic nitrogens is 2. The summed E-state index contributed by atoms with van der Waals surface area (Å²) in [5.41, 5.74) is 0.958. The molecule has 0 spiro atoms. The molecule has 4 rings (SSSR count). The van der Waals surface area contributed by atoms with E-state index in [0.717, 1.165) is 39.1 Å². The predicted molar refractivity (Wildman–Crippen MR) is 138 cm³/mol. The van der Waals surface area contributed by atoms with Crippen LogP contribution in [0.4, 0.5) is 32.3 Å². The summed E-state index contributed by atoms with van der Waals surface area (Å²) in [5.74, 6) is 0.113. The summed E-state index contributed by atoms with van der Waals surface area (Å²) >= 11 is 0. The molecule has 0 unspecified atom stereocenters. The summed E-state index contributed by atoms with van der Waals surface area (Å²) < 4.78 is 20.4. The minimum atomic E-state index is -0.779. The number of nitrogens with one attached hydrogen (secondary N) is 1. The SMILES string of the molecule is COOC(=O)N(c1ccccc1)c1ccnc(Nc2ccc(OCCCN3CCN(C)CC3)c(F)c2)n1. The van der Waals surface area contributed by atoms with Crippen molar-refractivity contribution >= 4 is 29.2 Å². The maximum Gasteiger partial charge on any atom is 0.451 e. The van der Waals surface area contributed by atoms with Gasteiger partial charge in [0.05, 0.1) is 19.4 Å². The van der Waals surface area contributed by atoms with Gasteiger partial charge in [0.25, 0.3) is 0 Å². The average Bonchev–Trinajstić information content (AvgIpc) is 2.90. The van der Waals surface area contributed by atoms with E-state index in [4.69, 9.17) is 9.62 Å². The van der Waals surface area contributed by atoms with E-state index in [1.807, 2.05) is 6.07 Å². The van der Waals surface area contributed by atoms with Crippen molar-refractivity contribution in [2.24, 2.45) is 0 Å². The fourth-order valence-corrected chi connectivity index (χ4v) is 3.92. The second-order valence-corrected chi connectivity index (χ2v) is 8.54. The Hall–Kier alpha value is -3.80. The molecule has 1 aliphatic heterocycles. The summed E-state index contributed by atoms with van der Waals surface area (Å²) in [6, 6.07) is 15.0. The number of nitrogens with zero attached hydrogens (tertiary/aromatic N) is 5. The van der Waals surface area contributed by atoms with Gasteiger partial charge in [-0.2, -0.15) is 9.87 Å². The Kier molecular flexibility index (Phi) is 9.19. The van der Waals surface area contributed by atoms with E-state index in [9.17, 15) is 9.18 Å². The normalized spacial score (nSPS) is 14.2. The molecule has 1 N–H and O–H groups in total. The highest BCUT2D eigenvalue weighted by Crippen LogP contribution is 2.27. The monoisotopic (exact) mass is 510 g/mol. The third kappa shape index (κ3) is 7.35. The lowest BCUT2D eigenvalue weighted by Gasteiger charge is -2.32. The first kappa shape index (κ1) is 26.3. The maximum atomic E-state index is 14.7. The van der Waals surface area contributed by atoms with Gasteiger partial charge in [-0.1, -0.05) is 18.2 Å². The molecule has 1 fully saturated rings. The lowest BCUT2D eigenvalue weighted by molar-refractivity contribution is -0.210. The van der Waals surface area contributed by atoms with E-state index in [0.29, 0.717) is 18.0 Å². The molecule has 37 heavy (non-hydrogen) atoms. The van der Waals surface area contributed by atoms with Gasteiger partial charge in [-0.3, -0.25) is 4.89 Å². The molecule has 2 aromatic carbocycles. The third-order valence-electron chi connectivity index (χ3n) is 5.88. The van der Waals surface area contributed by atoms with Crippen LogP contribution < -0.4 is 15.0 Å². The van der Waals surface area contributed by atoms with Crippen molar-refractivity contribution in [1.82, 2.24) is 19.8 Å². The molecule has 1 amide bonds. The van der Waals surface area contributed by atoms with Gasteiger partial charge in [0.15, 0.2) is 11.6 Å². The Morgan fingerprint density at radius 2 is 1.89 bits per heavy atom. The maximum absolute atomic E-state index is 14.7. The van der Waals surface area contributed by atoms with Gasteiger partial charge in [0.1, 0.15) is 5.82 Å². The molecule has 0 radical (unpaired) electrons. The lowest BCUT2D eigenvalue weighted by atomic mass is 10.3. The standard InChI is InChI=1S/C26H31FN6O4/c1-31-14-16-32(17-15-31)13-6-18-36-23-10-9-20(19-22(23)27)29-25-28-12-11-24(30-25)33(26(34)37-35-2)21-7-4-3-5-8-21/h3-5,7-12,19H,6,13-18H2,1-2H3,(H,28,29,30). The van der Waals surface area contributed by atoms with E-state index in [2.05, 4.69) is 37.0 Å². The number of rotatable bonds is 10. The van der Waals surface area contributed by atoms with Crippen LogP contribution in [0.3, 0.4) is 0 Å². The zero-order valence-corrected chi connectivity index (χ0v) is 21.0. The number of hydrogen-bond acceptors (Lipinski definition) is 9. The second-order valence-electron chi connectivity index (χ2n) is 8.54. The number of anilines is 4. The van der Waals surface area contributed by atoms with Crippen LogP contribution >= 0.6 is 0 Å². The first-order valence-electron chi connectivity index (χ1n) is 12.1. The second kappa shape index (κ2) is 12.9. The van der Waals surface area contributed by atoms with E-state index in [-0.39, 0.29) is 17.5 Å². The van der Waals surface area contributed by atoms with Crippen LogP contribution in [-0.4, -0.2) is 79.3 Å². The van der Waals surface area contributed by atoms with Crippen LogP contribution in [0.25, 0.3) is 0 Å². The van der Waals surface area contributed by atoms with Crippen molar-refractivity contribution in [2.45, 2.75) is 6.42 Å². The molecule has 196 valence electrons. The Balaban J connectivity index is 1.37. The Bertz CT molecular complexity index is 1160. The zero-order valence-electron chi connectivity index (χ0n) is 21.0. The number of piperazine rings is 1. The molecule has 1 saturated heterocycles. The van der Waals surface area contributed by atoms with Crippen LogP contribution in [0.15, 0.2) is 60.8 Å². The molecule has 1 aliphatic rings.